The van der Waals surface area contributed by atoms with Gasteiger partial charge in [0.15, 0.2) is 0 Å². The zero-order chi connectivity index (χ0) is 11.8. The van der Waals surface area contributed by atoms with E-state index in [2.05, 4.69) is 20.6 Å². The summed E-state index contributed by atoms with van der Waals surface area (Å²) in [5.74, 6) is 0.0242. The average Bonchev–Trinajstić information content (AvgIpc) is 2.69. The molecular weight excluding hydrogens is 245 g/mol. The number of hydrogen-bond donors (Lipinski definition) is 1. The number of halogens is 4. The Hall–Kier alpha value is -1.63. The molecule has 1 N–H and O–H groups in total. The number of nitrogens with one attached hydrogen (secondary N) is 1. The van der Waals surface area contributed by atoms with Crippen molar-refractivity contribution >= 4 is 11.6 Å². The van der Waals surface area contributed by atoms with E-state index in [4.69, 9.17) is 11.6 Å². The highest BCUT2D eigenvalue weighted by atomic mass is 35.5. The van der Waals surface area contributed by atoms with Gasteiger partial charge in [-0.1, -0.05) is 17.7 Å². The molecule has 8 heteroatoms. The lowest BCUT2D eigenvalue weighted by Gasteiger charge is -2.10. The second kappa shape index (κ2) is 3.75. The molecule has 1 aromatic heterocycles. The average molecular weight is 249 g/mol. The van der Waals surface area contributed by atoms with Crippen molar-refractivity contribution in [1.82, 2.24) is 20.6 Å². The molecule has 0 atom stereocenters. The van der Waals surface area contributed by atoms with Crippen LogP contribution in [0.3, 0.4) is 0 Å². The van der Waals surface area contributed by atoms with Gasteiger partial charge >= 0.3 is 6.18 Å². The summed E-state index contributed by atoms with van der Waals surface area (Å²) in [5.41, 5.74) is -0.832. The maximum absolute atomic E-state index is 12.5. The summed E-state index contributed by atoms with van der Waals surface area (Å²) in [6.45, 7) is 0. The third-order valence-electron chi connectivity index (χ3n) is 1.89. The van der Waals surface area contributed by atoms with Crippen molar-refractivity contribution in [2.24, 2.45) is 0 Å². The first-order chi connectivity index (χ1) is 7.50. The Morgan fingerprint density at radius 3 is 2.56 bits per heavy atom. The second-order valence-corrected chi connectivity index (χ2v) is 3.28. The van der Waals surface area contributed by atoms with Crippen molar-refractivity contribution in [2.75, 3.05) is 0 Å². The molecule has 0 saturated carbocycles. The predicted molar refractivity (Wildman–Crippen MR) is 49.6 cm³/mol. The third kappa shape index (κ3) is 1.85. The van der Waals surface area contributed by atoms with E-state index in [1.807, 2.05) is 0 Å². The molecule has 0 unspecified atom stereocenters. The molecule has 2 rings (SSSR count). The number of aromatic nitrogens is 4. The summed E-state index contributed by atoms with van der Waals surface area (Å²) in [7, 11) is 0. The van der Waals surface area contributed by atoms with Gasteiger partial charge in [0.1, 0.15) is 0 Å². The Balaban J connectivity index is 2.58. The van der Waals surface area contributed by atoms with Gasteiger partial charge in [-0.05, 0) is 17.3 Å². The lowest BCUT2D eigenvalue weighted by Crippen LogP contribution is -2.06. The van der Waals surface area contributed by atoms with Gasteiger partial charge in [-0.2, -0.15) is 18.4 Å². The monoisotopic (exact) mass is 248 g/mol. The van der Waals surface area contributed by atoms with Crippen molar-refractivity contribution in [3.05, 3.63) is 28.8 Å². The largest absolute Gasteiger partial charge is 0.417 e. The zero-order valence-electron chi connectivity index (χ0n) is 7.59. The molecule has 84 valence electrons. The minimum atomic E-state index is -4.50. The highest BCUT2D eigenvalue weighted by molar-refractivity contribution is 6.34. The molecule has 2 aromatic rings. The molecular formula is C8H4ClF3N4. The van der Waals surface area contributed by atoms with Gasteiger partial charge in [0, 0.05) is 5.56 Å². The van der Waals surface area contributed by atoms with Gasteiger partial charge in [0.25, 0.3) is 0 Å². The molecule has 0 fully saturated rings. The van der Waals surface area contributed by atoms with E-state index in [0.29, 0.717) is 0 Å². The van der Waals surface area contributed by atoms with Crippen LogP contribution in [-0.4, -0.2) is 20.6 Å². The maximum Gasteiger partial charge on any atom is 0.417 e. The van der Waals surface area contributed by atoms with E-state index in [1.54, 1.807) is 0 Å². The first-order valence-electron chi connectivity index (χ1n) is 4.09. The van der Waals surface area contributed by atoms with Gasteiger partial charge in [0.05, 0.1) is 10.6 Å². The van der Waals surface area contributed by atoms with Gasteiger partial charge in [-0.3, -0.25) is 0 Å². The summed E-state index contributed by atoms with van der Waals surface area (Å²) in [4.78, 5) is 0. The fourth-order valence-corrected chi connectivity index (χ4v) is 1.52. The third-order valence-corrected chi connectivity index (χ3v) is 2.30. The Bertz CT molecular complexity index is 494. The molecule has 0 spiro atoms. The second-order valence-electron chi connectivity index (χ2n) is 2.90. The standard InChI is InChI=1S/C8H4ClF3N4/c9-6-4(7-13-15-16-14-7)2-1-3-5(6)8(10,11)12/h1-3H,(H,13,14,15,16). The minimum Gasteiger partial charge on any atom is -0.177 e. The topological polar surface area (TPSA) is 54.5 Å². The molecule has 16 heavy (non-hydrogen) atoms. The van der Waals surface area contributed by atoms with Gasteiger partial charge in [0.2, 0.25) is 5.82 Å². The molecule has 0 bridgehead atoms. The Labute approximate surface area is 92.4 Å². The number of tetrazole rings is 1. The van der Waals surface area contributed by atoms with Crippen molar-refractivity contribution in [3.8, 4) is 11.4 Å². The van der Waals surface area contributed by atoms with Crippen molar-refractivity contribution in [2.45, 2.75) is 6.18 Å². The molecule has 0 amide bonds. The number of alkyl halides is 3. The minimum absolute atomic E-state index is 0.0242. The zero-order valence-corrected chi connectivity index (χ0v) is 8.34. The van der Waals surface area contributed by atoms with Crippen LogP contribution in [0.5, 0.6) is 0 Å². The van der Waals surface area contributed by atoms with Crippen LogP contribution in [0.4, 0.5) is 13.2 Å². The van der Waals surface area contributed by atoms with Crippen LogP contribution in [0.2, 0.25) is 5.02 Å². The number of H-pyrrole nitrogens is 1. The van der Waals surface area contributed by atoms with Crippen LogP contribution in [0, 0.1) is 0 Å². The lowest BCUT2D eigenvalue weighted by molar-refractivity contribution is -0.137. The van der Waals surface area contributed by atoms with Crippen LogP contribution in [0.15, 0.2) is 18.2 Å². The molecule has 0 saturated heterocycles. The Morgan fingerprint density at radius 1 is 1.25 bits per heavy atom. The molecule has 0 aliphatic rings. The van der Waals surface area contributed by atoms with Crippen LogP contribution in [0.1, 0.15) is 5.56 Å². The first kappa shape index (κ1) is 10.9. The normalized spacial score (nSPS) is 11.8. The van der Waals surface area contributed by atoms with Crippen molar-refractivity contribution in [3.63, 3.8) is 0 Å². The number of hydrogen-bond acceptors (Lipinski definition) is 3. The summed E-state index contributed by atoms with van der Waals surface area (Å²) in [6.07, 6.45) is -4.50. The SMILES string of the molecule is FC(F)(F)c1cccc(-c2nn[nH]n2)c1Cl. The van der Waals surface area contributed by atoms with Crippen LogP contribution < -0.4 is 0 Å². The Morgan fingerprint density at radius 2 is 2.00 bits per heavy atom. The number of nitrogens with zero attached hydrogens (tertiary/aromatic N) is 3. The van der Waals surface area contributed by atoms with Crippen LogP contribution >= 0.6 is 11.6 Å². The molecule has 0 aliphatic carbocycles. The maximum atomic E-state index is 12.5. The van der Waals surface area contributed by atoms with Crippen molar-refractivity contribution in [1.29, 1.82) is 0 Å². The predicted octanol–water partition coefficient (Wildman–Crippen LogP) is 2.54. The lowest BCUT2D eigenvalue weighted by atomic mass is 10.1. The quantitative estimate of drug-likeness (QED) is 0.844. The van der Waals surface area contributed by atoms with Gasteiger partial charge in [-0.15, -0.1) is 10.2 Å². The highest BCUT2D eigenvalue weighted by Crippen LogP contribution is 2.38. The molecule has 0 aliphatic heterocycles. The number of aromatic amines is 1. The van der Waals surface area contributed by atoms with E-state index in [1.165, 1.54) is 12.1 Å². The molecule has 0 radical (unpaired) electrons. The van der Waals surface area contributed by atoms with Gasteiger partial charge in [-0.25, -0.2) is 0 Å². The summed E-state index contributed by atoms with van der Waals surface area (Å²) < 4.78 is 37.6. The Kier molecular flexibility index (Phi) is 2.55. The van der Waals surface area contributed by atoms with E-state index in [0.717, 1.165) is 6.07 Å². The van der Waals surface area contributed by atoms with E-state index < -0.39 is 16.8 Å². The number of rotatable bonds is 1. The van der Waals surface area contributed by atoms with Gasteiger partial charge < -0.3 is 0 Å². The smallest absolute Gasteiger partial charge is 0.177 e. The summed E-state index contributed by atoms with van der Waals surface area (Å²) in [5, 5.41) is 12.1. The molecule has 4 nitrogen and oxygen atoms in total. The van der Waals surface area contributed by atoms with E-state index in [-0.39, 0.29) is 11.4 Å². The first-order valence-corrected chi connectivity index (χ1v) is 4.47. The number of benzene rings is 1. The molecule has 1 heterocycles. The summed E-state index contributed by atoms with van der Waals surface area (Å²) in [6, 6.07) is 3.52. The van der Waals surface area contributed by atoms with Crippen molar-refractivity contribution < 1.29 is 13.2 Å². The van der Waals surface area contributed by atoms with Crippen LogP contribution in [-0.2, 0) is 6.18 Å². The van der Waals surface area contributed by atoms with Crippen LogP contribution in [0.25, 0.3) is 11.4 Å². The highest BCUT2D eigenvalue weighted by Gasteiger charge is 2.34. The fourth-order valence-electron chi connectivity index (χ4n) is 1.20. The van der Waals surface area contributed by atoms with E-state index in [9.17, 15) is 13.2 Å². The summed E-state index contributed by atoms with van der Waals surface area (Å²) >= 11 is 5.64. The molecule has 1 aromatic carbocycles. The van der Waals surface area contributed by atoms with E-state index >= 15 is 0 Å². The fraction of sp³-hybridized carbons (Fsp3) is 0.125.